The van der Waals surface area contributed by atoms with E-state index in [0.717, 1.165) is 12.1 Å². The van der Waals surface area contributed by atoms with Gasteiger partial charge < -0.3 is 9.64 Å². The third-order valence-corrected chi connectivity index (χ3v) is 5.61. The average Bonchev–Trinajstić information content (AvgIpc) is 3.10. The molecule has 0 amide bonds. The SMILES string of the molecule is CCc1nc(C2CN(c3ccc(F)cc3S(=O)(=O)C(F)(F)F)CCO2)n[nH]1. The maximum absolute atomic E-state index is 13.5. The number of hydrogen-bond donors (Lipinski definition) is 1. The van der Waals surface area contributed by atoms with Crippen molar-refractivity contribution in [2.45, 2.75) is 29.9 Å². The number of nitrogens with zero attached hydrogens (tertiary/aromatic N) is 3. The van der Waals surface area contributed by atoms with Gasteiger partial charge in [-0.1, -0.05) is 6.92 Å². The van der Waals surface area contributed by atoms with Crippen LogP contribution < -0.4 is 4.90 Å². The Morgan fingerprint density at radius 3 is 2.74 bits per heavy atom. The van der Waals surface area contributed by atoms with Crippen LogP contribution in [-0.2, 0) is 21.0 Å². The number of aromatic amines is 1. The van der Waals surface area contributed by atoms with Gasteiger partial charge in [0, 0.05) is 13.0 Å². The minimum atomic E-state index is -5.72. The Morgan fingerprint density at radius 1 is 1.37 bits per heavy atom. The van der Waals surface area contributed by atoms with Gasteiger partial charge in [-0.25, -0.2) is 17.8 Å². The number of nitrogens with one attached hydrogen (secondary N) is 1. The van der Waals surface area contributed by atoms with Crippen LogP contribution in [0.25, 0.3) is 0 Å². The maximum Gasteiger partial charge on any atom is 0.501 e. The lowest BCUT2D eigenvalue weighted by atomic mass is 10.2. The number of benzene rings is 1. The third-order valence-electron chi connectivity index (χ3n) is 4.10. The van der Waals surface area contributed by atoms with Gasteiger partial charge in [0.05, 0.1) is 18.8 Å². The molecule has 0 spiro atoms. The minimum absolute atomic E-state index is 0.0209. The van der Waals surface area contributed by atoms with Crippen LogP contribution in [0.3, 0.4) is 0 Å². The van der Waals surface area contributed by atoms with Gasteiger partial charge in [-0.05, 0) is 18.2 Å². The van der Waals surface area contributed by atoms with E-state index in [1.807, 2.05) is 6.92 Å². The second-order valence-corrected chi connectivity index (χ2v) is 7.77. The van der Waals surface area contributed by atoms with E-state index in [4.69, 9.17) is 4.74 Å². The summed E-state index contributed by atoms with van der Waals surface area (Å²) >= 11 is 0. The topological polar surface area (TPSA) is 88.2 Å². The second kappa shape index (κ2) is 7.08. The van der Waals surface area contributed by atoms with Crippen molar-refractivity contribution < 1.29 is 30.7 Å². The molecule has 148 valence electrons. The number of alkyl halides is 3. The smallest absolute Gasteiger partial charge is 0.366 e. The van der Waals surface area contributed by atoms with Gasteiger partial charge in [0.2, 0.25) is 0 Å². The zero-order valence-corrected chi connectivity index (χ0v) is 14.9. The highest BCUT2D eigenvalue weighted by atomic mass is 32.2. The lowest BCUT2D eigenvalue weighted by Gasteiger charge is -2.34. The summed E-state index contributed by atoms with van der Waals surface area (Å²) in [5.41, 5.74) is -5.78. The van der Waals surface area contributed by atoms with E-state index in [-0.39, 0.29) is 25.4 Å². The molecule has 1 aliphatic rings. The summed E-state index contributed by atoms with van der Waals surface area (Å²) in [5.74, 6) is -0.139. The quantitative estimate of drug-likeness (QED) is 0.782. The van der Waals surface area contributed by atoms with E-state index in [2.05, 4.69) is 15.2 Å². The Kier molecular flexibility index (Phi) is 5.12. The lowest BCUT2D eigenvalue weighted by molar-refractivity contribution is -0.0436. The lowest BCUT2D eigenvalue weighted by Crippen LogP contribution is -2.40. The molecule has 27 heavy (non-hydrogen) atoms. The molecule has 1 atom stereocenters. The normalized spacial score (nSPS) is 18.7. The number of H-pyrrole nitrogens is 1. The Balaban J connectivity index is 1.96. The fourth-order valence-electron chi connectivity index (χ4n) is 2.73. The zero-order chi connectivity index (χ0) is 19.8. The summed E-state index contributed by atoms with van der Waals surface area (Å²) in [4.78, 5) is 4.50. The first-order chi connectivity index (χ1) is 12.6. The molecule has 1 unspecified atom stereocenters. The molecule has 1 fully saturated rings. The fraction of sp³-hybridized carbons (Fsp3) is 0.467. The van der Waals surface area contributed by atoms with Crippen molar-refractivity contribution in [2.75, 3.05) is 24.6 Å². The van der Waals surface area contributed by atoms with Crippen LogP contribution >= 0.6 is 0 Å². The van der Waals surface area contributed by atoms with Crippen LogP contribution in [0, 0.1) is 5.82 Å². The molecule has 2 heterocycles. The van der Waals surface area contributed by atoms with Gasteiger partial charge in [0.1, 0.15) is 22.6 Å². The molecule has 2 aromatic rings. The van der Waals surface area contributed by atoms with Crippen LogP contribution in [-0.4, -0.2) is 48.8 Å². The predicted molar refractivity (Wildman–Crippen MR) is 86.3 cm³/mol. The van der Waals surface area contributed by atoms with Gasteiger partial charge in [0.25, 0.3) is 9.84 Å². The number of anilines is 1. The summed E-state index contributed by atoms with van der Waals surface area (Å²) < 4.78 is 81.9. The predicted octanol–water partition coefficient (Wildman–Crippen LogP) is 2.38. The number of ether oxygens (including phenoxy) is 1. The number of aromatic nitrogens is 3. The first-order valence-electron chi connectivity index (χ1n) is 8.02. The number of halogens is 4. The van der Waals surface area contributed by atoms with Crippen LogP contribution in [0.2, 0.25) is 0 Å². The van der Waals surface area contributed by atoms with E-state index in [1.165, 1.54) is 4.90 Å². The highest BCUT2D eigenvalue weighted by Crippen LogP contribution is 2.37. The molecule has 0 bridgehead atoms. The zero-order valence-electron chi connectivity index (χ0n) is 14.1. The van der Waals surface area contributed by atoms with E-state index < -0.39 is 32.2 Å². The summed E-state index contributed by atoms with van der Waals surface area (Å²) in [6, 6.07) is 2.31. The van der Waals surface area contributed by atoms with E-state index in [0.29, 0.717) is 24.1 Å². The van der Waals surface area contributed by atoms with Crippen LogP contribution in [0.1, 0.15) is 24.7 Å². The molecule has 1 aromatic heterocycles. The number of aryl methyl sites for hydroxylation is 1. The number of hydrogen-bond acceptors (Lipinski definition) is 6. The van der Waals surface area contributed by atoms with Crippen LogP contribution in [0.4, 0.5) is 23.2 Å². The van der Waals surface area contributed by atoms with Gasteiger partial charge in [0.15, 0.2) is 5.82 Å². The van der Waals surface area contributed by atoms with Crippen molar-refractivity contribution in [1.82, 2.24) is 15.2 Å². The Labute approximate surface area is 152 Å². The molecule has 0 saturated carbocycles. The molecule has 1 saturated heterocycles. The Hall–Kier alpha value is -2.21. The third kappa shape index (κ3) is 3.76. The van der Waals surface area contributed by atoms with E-state index in [1.54, 1.807) is 0 Å². The first kappa shape index (κ1) is 19.5. The molecule has 12 heteroatoms. The number of sulfone groups is 1. The molecule has 7 nitrogen and oxygen atoms in total. The molecule has 1 aliphatic heterocycles. The van der Waals surface area contributed by atoms with Crippen molar-refractivity contribution in [2.24, 2.45) is 0 Å². The number of morpholine rings is 1. The summed E-state index contributed by atoms with van der Waals surface area (Å²) in [6.45, 7) is 2.13. The summed E-state index contributed by atoms with van der Waals surface area (Å²) in [7, 11) is -5.72. The highest BCUT2D eigenvalue weighted by molar-refractivity contribution is 7.92. The van der Waals surface area contributed by atoms with E-state index >= 15 is 0 Å². The molecular weight excluding hydrogens is 392 g/mol. The molecule has 1 aromatic carbocycles. The fourth-order valence-corrected chi connectivity index (χ4v) is 3.72. The largest absolute Gasteiger partial charge is 0.501 e. The van der Waals surface area contributed by atoms with Crippen LogP contribution in [0.5, 0.6) is 0 Å². The van der Waals surface area contributed by atoms with Gasteiger partial charge >= 0.3 is 5.51 Å². The van der Waals surface area contributed by atoms with Crippen molar-refractivity contribution >= 4 is 15.5 Å². The summed E-state index contributed by atoms with van der Waals surface area (Å²) in [5, 5.41) is 6.73. The van der Waals surface area contributed by atoms with Crippen molar-refractivity contribution in [3.05, 3.63) is 35.7 Å². The molecule has 1 N–H and O–H groups in total. The Bertz CT molecular complexity index is 929. The average molecular weight is 408 g/mol. The monoisotopic (exact) mass is 408 g/mol. The molecule has 0 radical (unpaired) electrons. The standard InChI is InChI=1S/C15H16F4N4O3S/c1-2-13-20-14(22-21-13)11-8-23(5-6-26-11)10-4-3-9(16)7-12(10)27(24,25)15(17,18)19/h3-4,7,11H,2,5-6,8H2,1H3,(H,20,21,22). The minimum Gasteiger partial charge on any atom is -0.366 e. The van der Waals surface area contributed by atoms with E-state index in [9.17, 15) is 26.0 Å². The Morgan fingerprint density at radius 2 is 2.11 bits per heavy atom. The number of rotatable bonds is 4. The highest BCUT2D eigenvalue weighted by Gasteiger charge is 2.48. The van der Waals surface area contributed by atoms with Crippen molar-refractivity contribution in [3.63, 3.8) is 0 Å². The molecule has 0 aliphatic carbocycles. The van der Waals surface area contributed by atoms with Crippen molar-refractivity contribution in [1.29, 1.82) is 0 Å². The van der Waals surface area contributed by atoms with Gasteiger partial charge in [-0.3, -0.25) is 5.10 Å². The van der Waals surface area contributed by atoms with Gasteiger partial charge in [-0.15, -0.1) is 0 Å². The summed E-state index contributed by atoms with van der Waals surface area (Å²) in [6.07, 6.45) is -0.0585. The van der Waals surface area contributed by atoms with Crippen molar-refractivity contribution in [3.8, 4) is 0 Å². The molecule has 3 rings (SSSR count). The molecular formula is C15H16F4N4O3S. The second-order valence-electron chi connectivity index (χ2n) is 5.86. The maximum atomic E-state index is 13.5. The van der Waals surface area contributed by atoms with Gasteiger partial charge in [-0.2, -0.15) is 18.3 Å². The van der Waals surface area contributed by atoms with Crippen LogP contribution in [0.15, 0.2) is 23.1 Å². The first-order valence-corrected chi connectivity index (χ1v) is 9.50.